The predicted octanol–water partition coefficient (Wildman–Crippen LogP) is 16.7. The van der Waals surface area contributed by atoms with E-state index in [0.29, 0.717) is 12.8 Å². The van der Waals surface area contributed by atoms with Crippen molar-refractivity contribution in [3.05, 3.63) is 251 Å². The summed E-state index contributed by atoms with van der Waals surface area (Å²) in [4.78, 5) is 14.4. The van der Waals surface area contributed by atoms with Gasteiger partial charge in [-0.25, -0.2) is 15.0 Å². The highest BCUT2D eigenvalue weighted by Gasteiger charge is 2.11. The zero-order valence-electron chi connectivity index (χ0n) is 41.1. The summed E-state index contributed by atoms with van der Waals surface area (Å²) in [7, 11) is 5.03. The molecule has 0 aliphatic rings. The Morgan fingerprint density at radius 2 is 0.800 bits per heavy atom. The van der Waals surface area contributed by atoms with E-state index >= 15 is 0 Å². The molecule has 0 aliphatic heterocycles. The number of methoxy groups -OCH3 is 3. The van der Waals surface area contributed by atoms with Gasteiger partial charge < -0.3 is 14.2 Å². The lowest BCUT2D eigenvalue weighted by Crippen LogP contribution is -1.93. The highest BCUT2D eigenvalue weighted by molar-refractivity contribution is 6.02. The first-order valence-electron chi connectivity index (χ1n) is 23.6. The Morgan fingerprint density at radius 1 is 0.457 bits per heavy atom. The maximum absolute atomic E-state index is 5.56. The summed E-state index contributed by atoms with van der Waals surface area (Å²) < 4.78 is 16.6. The van der Waals surface area contributed by atoms with E-state index in [0.717, 1.165) is 97.3 Å². The number of para-hydroxylation sites is 3. The fraction of sp³-hybridized carbons (Fsp3) is 0.156. The number of benzene rings is 6. The molecule has 6 rings (SSSR count). The average molecular weight is 920 g/mol. The van der Waals surface area contributed by atoms with Crippen LogP contribution in [0.4, 0.5) is 17.1 Å². The lowest BCUT2D eigenvalue weighted by atomic mass is 9.94. The van der Waals surface area contributed by atoms with E-state index in [-0.39, 0.29) is 0 Å². The van der Waals surface area contributed by atoms with Crippen LogP contribution >= 0.6 is 0 Å². The summed E-state index contributed by atoms with van der Waals surface area (Å²) in [5, 5.41) is 0. The zero-order chi connectivity index (χ0) is 49.2. The molecule has 0 aliphatic carbocycles. The summed E-state index contributed by atoms with van der Waals surface area (Å²) in [5.74, 6) is 12.6. The van der Waals surface area contributed by atoms with Crippen molar-refractivity contribution in [3.8, 4) is 17.2 Å². The maximum atomic E-state index is 5.56. The largest absolute Gasteiger partial charge is 0.497 e. The van der Waals surface area contributed by atoms with Gasteiger partial charge in [0.1, 0.15) is 17.2 Å². The maximum Gasteiger partial charge on any atom is 0.118 e. The minimum atomic E-state index is 0.607. The lowest BCUT2D eigenvalue weighted by Gasteiger charge is -2.10. The van der Waals surface area contributed by atoms with Gasteiger partial charge in [0.15, 0.2) is 0 Å². The fourth-order valence-electron chi connectivity index (χ4n) is 7.35. The van der Waals surface area contributed by atoms with Gasteiger partial charge in [0.2, 0.25) is 0 Å². The van der Waals surface area contributed by atoms with Crippen molar-refractivity contribution < 1.29 is 14.2 Å². The summed E-state index contributed by atoms with van der Waals surface area (Å²) in [5.41, 5.74) is 12.2. The molecule has 0 saturated heterocycles. The number of allylic oxidation sites excluding steroid dienone is 15. The standard InChI is InChI=1S/C64H61N3O3/c1-7-22-49(3)45-55(64(48-67-58-31-16-11-17-32-58)54-37-43-61(70-6)44-38-54)26-21-20-25-51(63(47-66-57-29-14-10-15-30-57)53-35-41-60(69-5)42-36-53)24-19-18-23-50(8-2)62(46-65-56-27-12-9-13-28-56)52-33-39-59(68-4)40-34-52/h8-18,20,23-45H,7,19,21-22H2,1-6H3/b23-18-,25-20-,49-45+,50-8+,51-24+,55-26+. The molecule has 0 heterocycles. The third-order valence-corrected chi connectivity index (χ3v) is 11.1. The Morgan fingerprint density at radius 3 is 1.16 bits per heavy atom. The topological polar surface area (TPSA) is 64.8 Å². The van der Waals surface area contributed by atoms with Gasteiger partial charge in [-0.1, -0.05) is 122 Å². The van der Waals surface area contributed by atoms with Crippen LogP contribution < -0.4 is 14.2 Å². The molecule has 0 amide bonds. The molecule has 0 N–H and O–H groups in total. The molecule has 0 atom stereocenters. The Balaban J connectivity index is 1.45. The molecular formula is C64H61N3O3. The van der Waals surface area contributed by atoms with E-state index in [1.165, 1.54) is 5.57 Å². The quantitative estimate of drug-likeness (QED) is 0.0534. The van der Waals surface area contributed by atoms with Gasteiger partial charge in [0.05, 0.1) is 55.1 Å². The molecule has 6 nitrogen and oxygen atoms in total. The third kappa shape index (κ3) is 15.8. The summed E-state index contributed by atoms with van der Waals surface area (Å²) in [6, 6.07) is 53.8. The number of aliphatic imine (C=N–C) groups is 3. The van der Waals surface area contributed by atoms with E-state index in [4.69, 9.17) is 29.2 Å². The first-order chi connectivity index (χ1) is 34.4. The van der Waals surface area contributed by atoms with Gasteiger partial charge in [-0.2, -0.15) is 0 Å². The zero-order valence-corrected chi connectivity index (χ0v) is 41.1. The second kappa shape index (κ2) is 28.0. The van der Waals surface area contributed by atoms with Crippen LogP contribution in [0.15, 0.2) is 250 Å². The molecule has 6 heteroatoms. The molecule has 0 saturated carbocycles. The van der Waals surface area contributed by atoms with Crippen molar-refractivity contribution >= 4 is 51.4 Å². The number of rotatable bonds is 21. The molecule has 0 spiro atoms. The first kappa shape index (κ1) is 50.9. The lowest BCUT2D eigenvalue weighted by molar-refractivity contribution is 0.414. The Bertz CT molecular complexity index is 3010. The molecule has 0 fully saturated rings. The van der Waals surface area contributed by atoms with E-state index in [2.05, 4.69) is 92.2 Å². The van der Waals surface area contributed by atoms with Gasteiger partial charge in [-0.3, -0.25) is 0 Å². The summed E-state index contributed by atoms with van der Waals surface area (Å²) in [6.07, 6.45) is 20.7. The Hall–Kier alpha value is -8.49. The molecule has 0 bridgehead atoms. The molecule has 6 aromatic rings. The van der Waals surface area contributed by atoms with Crippen molar-refractivity contribution in [2.24, 2.45) is 15.0 Å². The molecule has 0 aromatic heterocycles. The predicted molar refractivity (Wildman–Crippen MR) is 296 cm³/mol. The van der Waals surface area contributed by atoms with Crippen LogP contribution in [0.5, 0.6) is 17.2 Å². The number of hydrogen-bond acceptors (Lipinski definition) is 6. The smallest absolute Gasteiger partial charge is 0.118 e. The second-order valence-electron chi connectivity index (χ2n) is 16.1. The van der Waals surface area contributed by atoms with Crippen LogP contribution in [-0.2, 0) is 0 Å². The Labute approximate surface area is 415 Å². The molecule has 70 heavy (non-hydrogen) atoms. The first-order valence-corrected chi connectivity index (χ1v) is 23.6. The second-order valence-corrected chi connectivity index (χ2v) is 16.1. The van der Waals surface area contributed by atoms with Crippen molar-refractivity contribution in [3.63, 3.8) is 0 Å². The summed E-state index contributed by atoms with van der Waals surface area (Å²) in [6.45, 7) is 6.42. The number of ether oxygens (including phenoxy) is 3. The highest BCUT2D eigenvalue weighted by atomic mass is 16.5. The van der Waals surface area contributed by atoms with E-state index in [1.54, 1.807) is 21.3 Å². The van der Waals surface area contributed by atoms with Gasteiger partial charge in [-0.05, 0) is 193 Å². The summed E-state index contributed by atoms with van der Waals surface area (Å²) >= 11 is 0. The van der Waals surface area contributed by atoms with Crippen LogP contribution in [0.25, 0.3) is 16.7 Å². The van der Waals surface area contributed by atoms with E-state index in [9.17, 15) is 0 Å². The van der Waals surface area contributed by atoms with Crippen LogP contribution in [0.3, 0.4) is 0 Å². The van der Waals surface area contributed by atoms with Crippen LogP contribution in [-0.4, -0.2) is 38.9 Å². The van der Waals surface area contributed by atoms with Crippen molar-refractivity contribution in [2.75, 3.05) is 21.3 Å². The SMILES string of the molecule is C/C=C(\C=C/C/C=C(\C=C/C/C=C(\C=C(/C)CCC)C(=C=Nc1ccccc1)c1ccc(OC)cc1)C(=C=Nc1ccccc1)c1ccc(OC)cc1)C(=C=Nc1ccccc1)c1ccc(OC)cc1. The van der Waals surface area contributed by atoms with Gasteiger partial charge in [-0.15, -0.1) is 0 Å². The van der Waals surface area contributed by atoms with Crippen molar-refractivity contribution in [1.29, 1.82) is 0 Å². The van der Waals surface area contributed by atoms with E-state index in [1.807, 2.05) is 159 Å². The normalized spacial score (nSPS) is 11.9. The Kier molecular flexibility index (Phi) is 20.4. The third-order valence-electron chi connectivity index (χ3n) is 11.1. The average Bonchev–Trinajstić information content (AvgIpc) is 3.41. The van der Waals surface area contributed by atoms with E-state index < -0.39 is 0 Å². The van der Waals surface area contributed by atoms with Crippen molar-refractivity contribution in [1.82, 2.24) is 0 Å². The molecule has 350 valence electrons. The molecule has 0 unspecified atom stereocenters. The van der Waals surface area contributed by atoms with Gasteiger partial charge >= 0.3 is 0 Å². The van der Waals surface area contributed by atoms with Crippen molar-refractivity contribution in [2.45, 2.75) is 46.5 Å². The minimum Gasteiger partial charge on any atom is -0.497 e. The fourth-order valence-corrected chi connectivity index (χ4v) is 7.35. The van der Waals surface area contributed by atoms with Gasteiger partial charge in [0.25, 0.3) is 0 Å². The molecule has 6 aromatic carbocycles. The van der Waals surface area contributed by atoms with Crippen LogP contribution in [0.2, 0.25) is 0 Å². The number of hydrogen-bond donors (Lipinski definition) is 0. The minimum absolute atomic E-state index is 0.607. The highest BCUT2D eigenvalue weighted by Crippen LogP contribution is 2.30. The van der Waals surface area contributed by atoms with Crippen LogP contribution in [0, 0.1) is 0 Å². The molecule has 0 radical (unpaired) electrons. The monoisotopic (exact) mass is 919 g/mol. The molecular weight excluding hydrogens is 859 g/mol. The van der Waals surface area contributed by atoms with Gasteiger partial charge in [0, 0.05) is 0 Å². The van der Waals surface area contributed by atoms with Crippen LogP contribution in [0.1, 0.15) is 63.1 Å². The number of nitrogens with zero attached hydrogens (tertiary/aromatic N) is 3.